The molecule has 0 aromatic heterocycles. The number of anilines is 1. The number of amides is 2. The summed E-state index contributed by atoms with van der Waals surface area (Å²) in [6.45, 7) is 7.68. The molecular formula is C27H35N3O3. The summed E-state index contributed by atoms with van der Waals surface area (Å²) in [7, 11) is 0. The number of benzene rings is 2. The first kappa shape index (κ1) is 23.3. The van der Waals surface area contributed by atoms with Crippen molar-refractivity contribution in [3.63, 3.8) is 0 Å². The third kappa shape index (κ3) is 6.14. The molecule has 33 heavy (non-hydrogen) atoms. The molecular weight excluding hydrogens is 414 g/mol. The molecule has 0 spiro atoms. The Morgan fingerprint density at radius 2 is 1.61 bits per heavy atom. The van der Waals surface area contributed by atoms with Crippen LogP contribution in [0.15, 0.2) is 48.5 Å². The summed E-state index contributed by atoms with van der Waals surface area (Å²) in [6, 6.07) is 16.0. The SMILES string of the molecule is Cc1ccc(NC(=O)C2CCN(C3CCN(C(=O)COc4ccccc4)CC3)CC2)cc1C. The van der Waals surface area contributed by atoms with Gasteiger partial charge in [0.25, 0.3) is 5.91 Å². The Morgan fingerprint density at radius 3 is 2.27 bits per heavy atom. The summed E-state index contributed by atoms with van der Waals surface area (Å²) in [5.74, 6) is 0.987. The summed E-state index contributed by atoms with van der Waals surface area (Å²) < 4.78 is 5.61. The van der Waals surface area contributed by atoms with Crippen LogP contribution >= 0.6 is 0 Å². The molecule has 2 amide bonds. The van der Waals surface area contributed by atoms with Gasteiger partial charge in [-0.3, -0.25) is 9.59 Å². The van der Waals surface area contributed by atoms with Crippen molar-refractivity contribution in [1.82, 2.24) is 9.80 Å². The lowest BCUT2D eigenvalue weighted by Crippen LogP contribution is -2.50. The lowest BCUT2D eigenvalue weighted by molar-refractivity contribution is -0.135. The molecule has 0 atom stereocenters. The molecule has 0 radical (unpaired) electrons. The second kappa shape index (κ2) is 10.8. The number of aryl methyl sites for hydroxylation is 2. The number of hydrogen-bond acceptors (Lipinski definition) is 4. The molecule has 2 aliphatic heterocycles. The number of hydrogen-bond donors (Lipinski definition) is 1. The Labute approximate surface area is 196 Å². The van der Waals surface area contributed by atoms with Crippen LogP contribution in [0.5, 0.6) is 5.75 Å². The monoisotopic (exact) mass is 449 g/mol. The lowest BCUT2D eigenvalue weighted by atomic mass is 9.92. The van der Waals surface area contributed by atoms with Gasteiger partial charge in [-0.1, -0.05) is 24.3 Å². The standard InChI is InChI=1S/C27H35N3O3/c1-20-8-9-23(18-21(20)2)28-27(32)22-10-14-29(15-11-22)24-12-16-30(17-13-24)26(31)19-33-25-6-4-3-5-7-25/h3-9,18,22,24H,10-17,19H2,1-2H3,(H,28,32). The molecule has 176 valence electrons. The molecule has 4 rings (SSSR count). The first-order valence-electron chi connectivity index (χ1n) is 12.1. The average Bonchev–Trinajstić information content (AvgIpc) is 2.85. The van der Waals surface area contributed by atoms with E-state index in [-0.39, 0.29) is 24.3 Å². The van der Waals surface area contributed by atoms with E-state index in [2.05, 4.69) is 30.1 Å². The largest absolute Gasteiger partial charge is 0.484 e. The minimum atomic E-state index is 0.0547. The highest BCUT2D eigenvalue weighted by atomic mass is 16.5. The fraction of sp³-hybridized carbons (Fsp3) is 0.481. The molecule has 2 fully saturated rings. The van der Waals surface area contributed by atoms with E-state index in [4.69, 9.17) is 4.74 Å². The number of para-hydroxylation sites is 1. The van der Waals surface area contributed by atoms with Crippen LogP contribution in [0.4, 0.5) is 5.69 Å². The van der Waals surface area contributed by atoms with E-state index in [9.17, 15) is 9.59 Å². The van der Waals surface area contributed by atoms with Gasteiger partial charge < -0.3 is 19.9 Å². The second-order valence-corrected chi connectivity index (χ2v) is 9.31. The van der Waals surface area contributed by atoms with Gasteiger partial charge in [0.05, 0.1) is 0 Å². The molecule has 6 heteroatoms. The molecule has 0 bridgehead atoms. The number of carbonyl (C=O) groups excluding carboxylic acids is 2. The van der Waals surface area contributed by atoms with Crippen LogP contribution in [0.25, 0.3) is 0 Å². The van der Waals surface area contributed by atoms with Gasteiger partial charge in [-0.05, 0) is 88.0 Å². The highest BCUT2D eigenvalue weighted by Crippen LogP contribution is 2.25. The van der Waals surface area contributed by atoms with E-state index in [1.807, 2.05) is 47.4 Å². The molecule has 2 aromatic rings. The van der Waals surface area contributed by atoms with Crippen molar-refractivity contribution in [3.05, 3.63) is 59.7 Å². The molecule has 2 aromatic carbocycles. The van der Waals surface area contributed by atoms with Gasteiger partial charge in [0, 0.05) is 30.7 Å². The van der Waals surface area contributed by atoms with Crippen molar-refractivity contribution >= 4 is 17.5 Å². The van der Waals surface area contributed by atoms with Crippen LogP contribution in [-0.2, 0) is 9.59 Å². The molecule has 6 nitrogen and oxygen atoms in total. The van der Waals surface area contributed by atoms with E-state index in [1.54, 1.807) is 0 Å². The number of nitrogens with one attached hydrogen (secondary N) is 1. The summed E-state index contributed by atoms with van der Waals surface area (Å²) >= 11 is 0. The maximum atomic E-state index is 12.7. The minimum Gasteiger partial charge on any atom is -0.484 e. The van der Waals surface area contributed by atoms with Crippen LogP contribution in [-0.4, -0.2) is 60.4 Å². The van der Waals surface area contributed by atoms with E-state index in [0.29, 0.717) is 6.04 Å². The Bertz CT molecular complexity index is 946. The Kier molecular flexibility index (Phi) is 7.65. The average molecular weight is 450 g/mol. The van der Waals surface area contributed by atoms with Gasteiger partial charge >= 0.3 is 0 Å². The Morgan fingerprint density at radius 1 is 0.909 bits per heavy atom. The Balaban J connectivity index is 1.18. The van der Waals surface area contributed by atoms with E-state index in [1.165, 1.54) is 11.1 Å². The molecule has 0 unspecified atom stereocenters. The quantitative estimate of drug-likeness (QED) is 0.724. The zero-order chi connectivity index (χ0) is 23.2. The lowest BCUT2D eigenvalue weighted by Gasteiger charge is -2.41. The zero-order valence-electron chi connectivity index (χ0n) is 19.8. The number of nitrogens with zero attached hydrogens (tertiary/aromatic N) is 2. The summed E-state index contributed by atoms with van der Waals surface area (Å²) in [5, 5.41) is 3.10. The Hall–Kier alpha value is -2.86. The maximum Gasteiger partial charge on any atom is 0.260 e. The smallest absolute Gasteiger partial charge is 0.260 e. The third-order valence-electron chi connectivity index (χ3n) is 7.11. The molecule has 2 heterocycles. The van der Waals surface area contributed by atoms with Gasteiger partial charge in [-0.15, -0.1) is 0 Å². The predicted molar refractivity (Wildman–Crippen MR) is 130 cm³/mol. The molecule has 0 saturated carbocycles. The number of likely N-dealkylation sites (tertiary alicyclic amines) is 2. The number of carbonyl (C=O) groups is 2. The van der Waals surface area contributed by atoms with Crippen molar-refractivity contribution in [3.8, 4) is 5.75 Å². The number of rotatable bonds is 6. The third-order valence-corrected chi connectivity index (χ3v) is 7.11. The minimum absolute atomic E-state index is 0.0547. The fourth-order valence-electron chi connectivity index (χ4n) is 4.82. The molecule has 2 saturated heterocycles. The zero-order valence-corrected chi connectivity index (χ0v) is 19.8. The van der Waals surface area contributed by atoms with Gasteiger partial charge in [0.15, 0.2) is 6.61 Å². The van der Waals surface area contributed by atoms with Crippen LogP contribution in [0.2, 0.25) is 0 Å². The number of piperidine rings is 2. The van der Waals surface area contributed by atoms with Crippen LogP contribution in [0.1, 0.15) is 36.8 Å². The fourth-order valence-corrected chi connectivity index (χ4v) is 4.82. The second-order valence-electron chi connectivity index (χ2n) is 9.31. The normalized spacial score (nSPS) is 18.2. The highest BCUT2D eigenvalue weighted by molar-refractivity contribution is 5.92. The van der Waals surface area contributed by atoms with Crippen molar-refractivity contribution in [1.29, 1.82) is 0 Å². The van der Waals surface area contributed by atoms with Crippen LogP contribution in [0.3, 0.4) is 0 Å². The van der Waals surface area contributed by atoms with E-state index < -0.39 is 0 Å². The van der Waals surface area contributed by atoms with Gasteiger partial charge in [0.1, 0.15) is 5.75 Å². The predicted octanol–water partition coefficient (Wildman–Crippen LogP) is 4.02. The van der Waals surface area contributed by atoms with Gasteiger partial charge in [-0.25, -0.2) is 0 Å². The van der Waals surface area contributed by atoms with Crippen LogP contribution in [0, 0.1) is 19.8 Å². The van der Waals surface area contributed by atoms with Gasteiger partial charge in [0.2, 0.25) is 5.91 Å². The summed E-state index contributed by atoms with van der Waals surface area (Å²) in [5.41, 5.74) is 3.32. The van der Waals surface area contributed by atoms with Crippen molar-refractivity contribution in [2.24, 2.45) is 5.92 Å². The topological polar surface area (TPSA) is 61.9 Å². The maximum absolute atomic E-state index is 12.7. The summed E-state index contributed by atoms with van der Waals surface area (Å²) in [4.78, 5) is 29.7. The molecule has 2 aliphatic rings. The van der Waals surface area contributed by atoms with E-state index >= 15 is 0 Å². The summed E-state index contributed by atoms with van der Waals surface area (Å²) in [6.07, 6.45) is 3.74. The van der Waals surface area contributed by atoms with Crippen molar-refractivity contribution in [2.45, 2.75) is 45.6 Å². The van der Waals surface area contributed by atoms with Crippen LogP contribution < -0.4 is 10.1 Å². The highest BCUT2D eigenvalue weighted by Gasteiger charge is 2.31. The molecule has 1 N–H and O–H groups in total. The van der Waals surface area contributed by atoms with E-state index in [0.717, 1.165) is 63.3 Å². The molecule has 0 aliphatic carbocycles. The first-order chi connectivity index (χ1) is 16.0. The number of ether oxygens (including phenoxy) is 1. The first-order valence-corrected chi connectivity index (χ1v) is 12.1. The van der Waals surface area contributed by atoms with Crippen molar-refractivity contribution in [2.75, 3.05) is 38.1 Å². The van der Waals surface area contributed by atoms with Gasteiger partial charge in [-0.2, -0.15) is 0 Å². The van der Waals surface area contributed by atoms with Crippen molar-refractivity contribution < 1.29 is 14.3 Å².